The summed E-state index contributed by atoms with van der Waals surface area (Å²) in [6, 6.07) is 8.55. The maximum absolute atomic E-state index is 6.04. The number of hydrogen-bond donors (Lipinski definition) is 1. The first-order chi connectivity index (χ1) is 8.29. The quantitative estimate of drug-likeness (QED) is 0.888. The van der Waals surface area contributed by atoms with E-state index in [-0.39, 0.29) is 0 Å². The lowest BCUT2D eigenvalue weighted by atomic mass is 9.89. The molecule has 0 amide bonds. The summed E-state index contributed by atoms with van der Waals surface area (Å²) in [5, 5.41) is 4.21. The highest BCUT2D eigenvalue weighted by Gasteiger charge is 2.19. The molecule has 1 aromatic rings. The summed E-state index contributed by atoms with van der Waals surface area (Å²) >= 11 is 6.04. The Labute approximate surface area is 108 Å². The van der Waals surface area contributed by atoms with E-state index in [1.54, 1.807) is 0 Å². The molecule has 0 spiro atoms. The second-order valence-corrected chi connectivity index (χ2v) is 5.12. The van der Waals surface area contributed by atoms with Gasteiger partial charge in [-0.3, -0.25) is 0 Å². The van der Waals surface area contributed by atoms with E-state index in [1.165, 1.54) is 24.8 Å². The normalized spacial score (nSPS) is 19.2. The third-order valence-corrected chi connectivity index (χ3v) is 3.74. The summed E-state index contributed by atoms with van der Waals surface area (Å²) in [7, 11) is 2.02. The number of nitrogens with one attached hydrogen (secondary N) is 1. The van der Waals surface area contributed by atoms with Crippen LogP contribution >= 0.6 is 11.6 Å². The predicted molar refractivity (Wildman–Crippen MR) is 71.4 cm³/mol. The zero-order chi connectivity index (χ0) is 12.1. The van der Waals surface area contributed by atoms with E-state index in [9.17, 15) is 0 Å². The van der Waals surface area contributed by atoms with E-state index >= 15 is 0 Å². The zero-order valence-electron chi connectivity index (χ0n) is 10.3. The highest BCUT2D eigenvalue weighted by molar-refractivity contribution is 6.30. The van der Waals surface area contributed by atoms with Crippen LogP contribution in [-0.4, -0.2) is 20.3 Å². The summed E-state index contributed by atoms with van der Waals surface area (Å²) in [6.45, 7) is 1.83. The molecule has 0 aliphatic carbocycles. The smallest absolute Gasteiger partial charge is 0.0468 e. The minimum absolute atomic E-state index is 0.400. The van der Waals surface area contributed by atoms with Gasteiger partial charge in [-0.15, -0.1) is 0 Å². The van der Waals surface area contributed by atoms with Gasteiger partial charge < -0.3 is 10.1 Å². The summed E-state index contributed by atoms with van der Waals surface area (Å²) in [4.78, 5) is 0. The fraction of sp³-hybridized carbons (Fsp3) is 0.571. The lowest BCUT2D eigenvalue weighted by Gasteiger charge is -2.26. The first-order valence-corrected chi connectivity index (χ1v) is 6.68. The van der Waals surface area contributed by atoms with Crippen LogP contribution in [0.15, 0.2) is 24.3 Å². The van der Waals surface area contributed by atoms with Crippen molar-refractivity contribution in [3.63, 3.8) is 0 Å². The van der Waals surface area contributed by atoms with Gasteiger partial charge in [0, 0.05) is 24.3 Å². The average Bonchev–Trinajstić information content (AvgIpc) is 2.37. The minimum Gasteiger partial charge on any atom is -0.381 e. The molecule has 1 heterocycles. The summed E-state index contributed by atoms with van der Waals surface area (Å²) < 4.78 is 5.40. The lowest BCUT2D eigenvalue weighted by molar-refractivity contribution is 0.0608. The van der Waals surface area contributed by atoms with E-state index in [2.05, 4.69) is 17.4 Å². The van der Waals surface area contributed by atoms with Crippen LogP contribution in [0.4, 0.5) is 0 Å². The molecule has 2 rings (SSSR count). The highest BCUT2D eigenvalue weighted by Crippen LogP contribution is 2.28. The Bertz CT molecular complexity index is 350. The van der Waals surface area contributed by atoms with Crippen molar-refractivity contribution in [3.8, 4) is 0 Å². The van der Waals surface area contributed by atoms with Crippen molar-refractivity contribution < 1.29 is 4.74 Å². The fourth-order valence-electron chi connectivity index (χ4n) is 2.46. The van der Waals surface area contributed by atoms with Gasteiger partial charge in [-0.2, -0.15) is 0 Å². The Kier molecular flexibility index (Phi) is 4.84. The van der Waals surface area contributed by atoms with Crippen LogP contribution < -0.4 is 5.32 Å². The van der Waals surface area contributed by atoms with Crippen molar-refractivity contribution in [1.29, 1.82) is 0 Å². The maximum atomic E-state index is 6.04. The zero-order valence-corrected chi connectivity index (χ0v) is 11.0. The second kappa shape index (κ2) is 6.39. The van der Waals surface area contributed by atoms with Crippen molar-refractivity contribution in [2.24, 2.45) is 5.92 Å². The van der Waals surface area contributed by atoms with Gasteiger partial charge in [0.15, 0.2) is 0 Å². The first-order valence-electron chi connectivity index (χ1n) is 6.30. The number of benzene rings is 1. The lowest BCUT2D eigenvalue weighted by Crippen LogP contribution is -2.23. The van der Waals surface area contributed by atoms with Crippen molar-refractivity contribution >= 4 is 11.6 Å². The topological polar surface area (TPSA) is 21.3 Å². The average molecular weight is 254 g/mol. The van der Waals surface area contributed by atoms with Gasteiger partial charge in [0.1, 0.15) is 0 Å². The molecule has 3 heteroatoms. The molecule has 1 N–H and O–H groups in total. The molecular weight excluding hydrogens is 234 g/mol. The maximum Gasteiger partial charge on any atom is 0.0468 e. The number of hydrogen-bond acceptors (Lipinski definition) is 2. The Morgan fingerprint density at radius 2 is 2.18 bits per heavy atom. The van der Waals surface area contributed by atoms with Gasteiger partial charge in [0.05, 0.1) is 0 Å². The van der Waals surface area contributed by atoms with Crippen molar-refractivity contribution in [1.82, 2.24) is 5.32 Å². The number of rotatable bonds is 4. The Balaban J connectivity index is 2.00. The fourth-order valence-corrected chi connectivity index (χ4v) is 2.66. The van der Waals surface area contributed by atoms with Crippen LogP contribution in [0.1, 0.15) is 30.9 Å². The van der Waals surface area contributed by atoms with E-state index in [0.717, 1.165) is 24.2 Å². The SMILES string of the molecule is CNC(CC1CCOCC1)c1cccc(Cl)c1. The van der Waals surface area contributed by atoms with E-state index in [1.807, 2.05) is 19.2 Å². The molecule has 1 fully saturated rings. The van der Waals surface area contributed by atoms with Crippen LogP contribution in [-0.2, 0) is 4.74 Å². The third kappa shape index (κ3) is 3.70. The molecule has 0 saturated carbocycles. The number of ether oxygens (including phenoxy) is 1. The van der Waals surface area contributed by atoms with Crippen LogP contribution in [0.2, 0.25) is 5.02 Å². The molecule has 17 heavy (non-hydrogen) atoms. The van der Waals surface area contributed by atoms with Gasteiger partial charge in [-0.1, -0.05) is 23.7 Å². The van der Waals surface area contributed by atoms with E-state index in [0.29, 0.717) is 6.04 Å². The molecule has 94 valence electrons. The minimum atomic E-state index is 0.400. The second-order valence-electron chi connectivity index (χ2n) is 4.69. The molecule has 1 aliphatic heterocycles. The van der Waals surface area contributed by atoms with Gasteiger partial charge in [0.25, 0.3) is 0 Å². The summed E-state index contributed by atoms with van der Waals surface area (Å²) in [6.07, 6.45) is 3.53. The van der Waals surface area contributed by atoms with Gasteiger partial charge in [-0.25, -0.2) is 0 Å². The monoisotopic (exact) mass is 253 g/mol. The molecule has 1 atom stereocenters. The van der Waals surface area contributed by atoms with Gasteiger partial charge in [-0.05, 0) is 49.9 Å². The Hall–Kier alpha value is -0.570. The molecular formula is C14H20ClNO. The summed E-state index contributed by atoms with van der Waals surface area (Å²) in [5.74, 6) is 0.764. The molecule has 0 aromatic heterocycles. The molecule has 1 saturated heterocycles. The predicted octanol–water partition coefficient (Wildman–Crippen LogP) is 3.42. The molecule has 1 aliphatic rings. The molecule has 2 nitrogen and oxygen atoms in total. The largest absolute Gasteiger partial charge is 0.381 e. The van der Waals surface area contributed by atoms with Gasteiger partial charge in [0.2, 0.25) is 0 Å². The Morgan fingerprint density at radius 1 is 1.41 bits per heavy atom. The van der Waals surface area contributed by atoms with Crippen LogP contribution in [0, 0.1) is 5.92 Å². The standard InChI is InChI=1S/C14H20ClNO/c1-16-14(9-11-5-7-17-8-6-11)12-3-2-4-13(15)10-12/h2-4,10-11,14,16H,5-9H2,1H3. The van der Waals surface area contributed by atoms with Crippen molar-refractivity contribution in [3.05, 3.63) is 34.9 Å². The highest BCUT2D eigenvalue weighted by atomic mass is 35.5. The molecule has 1 unspecified atom stereocenters. The number of halogens is 1. The molecule has 0 radical (unpaired) electrons. The Morgan fingerprint density at radius 3 is 2.82 bits per heavy atom. The third-order valence-electron chi connectivity index (χ3n) is 3.51. The van der Waals surface area contributed by atoms with E-state index < -0.39 is 0 Å². The molecule has 0 bridgehead atoms. The van der Waals surface area contributed by atoms with Crippen LogP contribution in [0.5, 0.6) is 0 Å². The van der Waals surface area contributed by atoms with E-state index in [4.69, 9.17) is 16.3 Å². The summed E-state index contributed by atoms with van der Waals surface area (Å²) in [5.41, 5.74) is 1.28. The van der Waals surface area contributed by atoms with Crippen LogP contribution in [0.3, 0.4) is 0 Å². The van der Waals surface area contributed by atoms with Crippen LogP contribution in [0.25, 0.3) is 0 Å². The molecule has 1 aromatic carbocycles. The van der Waals surface area contributed by atoms with Crippen molar-refractivity contribution in [2.45, 2.75) is 25.3 Å². The van der Waals surface area contributed by atoms with Crippen molar-refractivity contribution in [2.75, 3.05) is 20.3 Å². The first kappa shape index (κ1) is 12.9. The van der Waals surface area contributed by atoms with Gasteiger partial charge >= 0.3 is 0 Å².